The molecule has 0 spiro atoms. The maximum atomic E-state index is 11.9. The number of ether oxygens (including phenoxy) is 1. The fourth-order valence-corrected chi connectivity index (χ4v) is 2.75. The van der Waals surface area contributed by atoms with Crippen LogP contribution in [-0.4, -0.2) is 19.2 Å². The summed E-state index contributed by atoms with van der Waals surface area (Å²) in [5, 5.41) is 2.02. The Balaban J connectivity index is 2.34. The SMILES string of the molecule is C=CCN(C(=O)OCC)c1cc2ccccc2s1. The molecule has 4 heteroatoms. The minimum absolute atomic E-state index is 0.330. The zero-order chi connectivity index (χ0) is 13.0. The molecule has 0 N–H and O–H groups in total. The quantitative estimate of drug-likeness (QED) is 0.777. The number of carbonyl (C=O) groups is 1. The largest absolute Gasteiger partial charge is 0.449 e. The monoisotopic (exact) mass is 261 g/mol. The van der Waals surface area contributed by atoms with Crippen LogP contribution in [-0.2, 0) is 4.74 Å². The van der Waals surface area contributed by atoms with Gasteiger partial charge in [0.1, 0.15) is 5.00 Å². The number of fused-ring (bicyclic) bond motifs is 1. The molecule has 18 heavy (non-hydrogen) atoms. The summed E-state index contributed by atoms with van der Waals surface area (Å²) in [7, 11) is 0. The second kappa shape index (κ2) is 5.69. The maximum absolute atomic E-state index is 11.9. The highest BCUT2D eigenvalue weighted by atomic mass is 32.1. The number of thiophene rings is 1. The van der Waals surface area contributed by atoms with E-state index in [2.05, 4.69) is 6.58 Å². The Hall–Kier alpha value is -1.81. The summed E-state index contributed by atoms with van der Waals surface area (Å²) in [5.74, 6) is 0. The second-order valence-electron chi connectivity index (χ2n) is 3.72. The number of nitrogens with zero attached hydrogens (tertiary/aromatic N) is 1. The van der Waals surface area contributed by atoms with E-state index >= 15 is 0 Å². The zero-order valence-corrected chi connectivity index (χ0v) is 11.1. The highest BCUT2D eigenvalue weighted by molar-refractivity contribution is 7.23. The molecule has 1 heterocycles. The summed E-state index contributed by atoms with van der Waals surface area (Å²) < 4.78 is 6.21. The fourth-order valence-electron chi connectivity index (χ4n) is 1.69. The molecule has 0 aliphatic heterocycles. The van der Waals surface area contributed by atoms with Crippen LogP contribution >= 0.6 is 11.3 Å². The van der Waals surface area contributed by atoms with E-state index in [0.717, 1.165) is 15.1 Å². The van der Waals surface area contributed by atoms with E-state index in [1.807, 2.05) is 30.3 Å². The van der Waals surface area contributed by atoms with Crippen molar-refractivity contribution in [1.29, 1.82) is 0 Å². The molecule has 1 amide bonds. The van der Waals surface area contributed by atoms with Crippen molar-refractivity contribution in [2.45, 2.75) is 6.92 Å². The third-order valence-electron chi connectivity index (χ3n) is 2.48. The van der Waals surface area contributed by atoms with Crippen LogP contribution in [0.25, 0.3) is 10.1 Å². The Morgan fingerprint density at radius 2 is 2.28 bits per heavy atom. The molecular formula is C14H15NO2S. The van der Waals surface area contributed by atoms with Gasteiger partial charge in [0, 0.05) is 11.2 Å². The third kappa shape index (κ3) is 2.54. The van der Waals surface area contributed by atoms with Gasteiger partial charge in [-0.25, -0.2) is 4.79 Å². The standard InChI is InChI=1S/C14H15NO2S/c1-3-9-15(14(16)17-4-2)13-10-11-7-5-6-8-12(11)18-13/h3,5-8,10H,1,4,9H2,2H3. The summed E-state index contributed by atoms with van der Waals surface area (Å²) in [4.78, 5) is 13.5. The van der Waals surface area contributed by atoms with Gasteiger partial charge in [-0.1, -0.05) is 24.3 Å². The molecule has 1 aromatic heterocycles. The maximum Gasteiger partial charge on any atom is 0.415 e. The van der Waals surface area contributed by atoms with E-state index in [1.165, 1.54) is 0 Å². The summed E-state index contributed by atoms with van der Waals surface area (Å²) >= 11 is 1.58. The van der Waals surface area contributed by atoms with E-state index in [0.29, 0.717) is 13.2 Å². The van der Waals surface area contributed by atoms with Crippen LogP contribution in [0.15, 0.2) is 43.0 Å². The van der Waals surface area contributed by atoms with Crippen molar-refractivity contribution < 1.29 is 9.53 Å². The Bertz CT molecular complexity index is 529. The first kappa shape index (κ1) is 12.6. The number of benzene rings is 1. The molecule has 94 valence electrons. The second-order valence-corrected chi connectivity index (χ2v) is 4.78. The van der Waals surface area contributed by atoms with Gasteiger partial charge in [-0.3, -0.25) is 4.90 Å². The molecule has 0 bridgehead atoms. The molecule has 0 atom stereocenters. The first-order chi connectivity index (χ1) is 8.76. The number of carbonyl (C=O) groups excluding carboxylic acids is 1. The van der Waals surface area contributed by atoms with Crippen LogP contribution in [0.3, 0.4) is 0 Å². The molecule has 0 radical (unpaired) electrons. The summed E-state index contributed by atoms with van der Waals surface area (Å²) in [6, 6.07) is 10.1. The van der Waals surface area contributed by atoms with Gasteiger partial charge >= 0.3 is 6.09 Å². The predicted molar refractivity (Wildman–Crippen MR) is 76.4 cm³/mol. The van der Waals surface area contributed by atoms with Gasteiger partial charge < -0.3 is 4.74 Å². The molecule has 0 saturated heterocycles. The van der Waals surface area contributed by atoms with E-state index in [-0.39, 0.29) is 6.09 Å². The minimum atomic E-state index is -0.330. The molecule has 1 aromatic carbocycles. The van der Waals surface area contributed by atoms with Crippen molar-refractivity contribution >= 4 is 32.5 Å². The van der Waals surface area contributed by atoms with Crippen molar-refractivity contribution in [3.8, 4) is 0 Å². The fraction of sp³-hybridized carbons (Fsp3) is 0.214. The van der Waals surface area contributed by atoms with Gasteiger partial charge in [-0.05, 0) is 24.4 Å². The smallest absolute Gasteiger partial charge is 0.415 e. The van der Waals surface area contributed by atoms with Crippen molar-refractivity contribution in [2.24, 2.45) is 0 Å². The van der Waals surface area contributed by atoms with Crippen molar-refractivity contribution in [3.05, 3.63) is 43.0 Å². The molecule has 0 saturated carbocycles. The van der Waals surface area contributed by atoms with Crippen molar-refractivity contribution in [3.63, 3.8) is 0 Å². The van der Waals surface area contributed by atoms with Gasteiger partial charge in [-0.2, -0.15) is 0 Å². The van der Waals surface area contributed by atoms with Crippen LogP contribution in [0.5, 0.6) is 0 Å². The number of amides is 1. The lowest BCUT2D eigenvalue weighted by Gasteiger charge is -2.17. The highest BCUT2D eigenvalue weighted by Crippen LogP contribution is 2.32. The Morgan fingerprint density at radius 3 is 2.94 bits per heavy atom. The van der Waals surface area contributed by atoms with Crippen LogP contribution in [0.2, 0.25) is 0 Å². The van der Waals surface area contributed by atoms with Crippen molar-refractivity contribution in [1.82, 2.24) is 0 Å². The molecule has 2 rings (SSSR count). The summed E-state index contributed by atoms with van der Waals surface area (Å²) in [5.41, 5.74) is 0. The van der Waals surface area contributed by atoms with Crippen molar-refractivity contribution in [2.75, 3.05) is 18.1 Å². The first-order valence-corrected chi connectivity index (χ1v) is 6.61. The lowest BCUT2D eigenvalue weighted by atomic mass is 10.3. The van der Waals surface area contributed by atoms with Gasteiger partial charge in [0.05, 0.1) is 6.61 Å². The topological polar surface area (TPSA) is 29.5 Å². The van der Waals surface area contributed by atoms with Crippen LogP contribution < -0.4 is 4.90 Å². The lowest BCUT2D eigenvalue weighted by molar-refractivity contribution is 0.160. The summed E-state index contributed by atoms with van der Waals surface area (Å²) in [6.45, 7) is 6.30. The zero-order valence-electron chi connectivity index (χ0n) is 10.3. The number of rotatable bonds is 4. The third-order valence-corrected chi connectivity index (χ3v) is 3.62. The average Bonchev–Trinajstić information content (AvgIpc) is 2.79. The molecular weight excluding hydrogens is 246 g/mol. The van der Waals surface area contributed by atoms with E-state index in [9.17, 15) is 4.79 Å². The first-order valence-electron chi connectivity index (χ1n) is 5.80. The number of hydrogen-bond donors (Lipinski definition) is 0. The van der Waals surface area contributed by atoms with Gasteiger partial charge in [0.25, 0.3) is 0 Å². The molecule has 0 aliphatic carbocycles. The van der Waals surface area contributed by atoms with E-state index < -0.39 is 0 Å². The average molecular weight is 261 g/mol. The number of anilines is 1. The Labute approximate surface area is 110 Å². The van der Waals surface area contributed by atoms with Gasteiger partial charge in [0.15, 0.2) is 0 Å². The number of hydrogen-bond acceptors (Lipinski definition) is 3. The Morgan fingerprint density at radius 1 is 1.50 bits per heavy atom. The molecule has 2 aromatic rings. The van der Waals surface area contributed by atoms with Gasteiger partial charge in [0.2, 0.25) is 0 Å². The highest BCUT2D eigenvalue weighted by Gasteiger charge is 2.17. The predicted octanol–water partition coefficient (Wildman–Crippen LogP) is 4.05. The lowest BCUT2D eigenvalue weighted by Crippen LogP contribution is -2.30. The van der Waals surface area contributed by atoms with Crippen LogP contribution in [0, 0.1) is 0 Å². The Kier molecular flexibility index (Phi) is 3.99. The van der Waals surface area contributed by atoms with E-state index in [1.54, 1.807) is 29.2 Å². The van der Waals surface area contributed by atoms with Gasteiger partial charge in [-0.15, -0.1) is 17.9 Å². The van der Waals surface area contributed by atoms with E-state index in [4.69, 9.17) is 4.74 Å². The molecule has 0 fully saturated rings. The molecule has 3 nitrogen and oxygen atoms in total. The minimum Gasteiger partial charge on any atom is -0.449 e. The summed E-state index contributed by atoms with van der Waals surface area (Å²) in [6.07, 6.45) is 1.37. The van der Waals surface area contributed by atoms with Crippen LogP contribution in [0.4, 0.5) is 9.80 Å². The van der Waals surface area contributed by atoms with Crippen LogP contribution in [0.1, 0.15) is 6.92 Å². The molecule has 0 aliphatic rings. The molecule has 0 unspecified atom stereocenters. The normalized spacial score (nSPS) is 10.3.